The summed E-state index contributed by atoms with van der Waals surface area (Å²) in [5.74, 6) is 2.06. The van der Waals surface area contributed by atoms with Crippen molar-refractivity contribution in [2.24, 2.45) is 0 Å². The van der Waals surface area contributed by atoms with E-state index in [1.807, 2.05) is 123 Å². The van der Waals surface area contributed by atoms with E-state index in [0.29, 0.717) is 55.1 Å². The number of benzene rings is 11. The molecule has 0 bridgehead atoms. The predicted octanol–water partition coefficient (Wildman–Crippen LogP) is 41.3. The van der Waals surface area contributed by atoms with Crippen LogP contribution in [-0.2, 0) is 57.2 Å². The van der Waals surface area contributed by atoms with Gasteiger partial charge in [-0.15, -0.1) is 0 Å². The number of rotatable bonds is 7. The first-order chi connectivity index (χ1) is 62.8. The maximum atomic E-state index is 12.8. The van der Waals surface area contributed by atoms with Gasteiger partial charge in [0.15, 0.2) is 0 Å². The molecular formula is C116H144BrCl5F13NO2. The van der Waals surface area contributed by atoms with Gasteiger partial charge in [0, 0.05) is 19.5 Å². The van der Waals surface area contributed by atoms with Crippen LogP contribution in [0, 0.1) is 44.8 Å². The van der Waals surface area contributed by atoms with Crippen molar-refractivity contribution in [3.63, 3.8) is 0 Å². The Labute approximate surface area is 850 Å². The molecule has 0 radical (unpaired) electrons. The fraction of sp³-hybridized carbons (Fsp3) is 0.422. The monoisotopic (exact) mass is 2080 g/mol. The van der Waals surface area contributed by atoms with Gasteiger partial charge in [-0.1, -0.05) is 406 Å². The fourth-order valence-corrected chi connectivity index (χ4v) is 13.8. The van der Waals surface area contributed by atoms with Crippen molar-refractivity contribution in [1.82, 2.24) is 0 Å². The van der Waals surface area contributed by atoms with Crippen LogP contribution in [0.3, 0.4) is 0 Å². The van der Waals surface area contributed by atoms with Crippen LogP contribution in [0.4, 0.5) is 57.1 Å². The maximum Gasteiger partial charge on any atom is 0.419 e. The third-order valence-corrected chi connectivity index (χ3v) is 23.7. The molecular weight excluding hydrogens is 1940 g/mol. The summed E-state index contributed by atoms with van der Waals surface area (Å²) >= 11 is 32.2. The second-order valence-corrected chi connectivity index (χ2v) is 44.1. The molecule has 0 fully saturated rings. The lowest BCUT2D eigenvalue weighted by Gasteiger charge is -2.21. The SMILES string of the molecule is CC(C)(C)c1ccc(C(F)(F)F)cc1.CC(C)(C)c1ccc(Cl)cc1Cl.CC(C)c1ccc(Br)c(C(F)(F)F)c1.CC(C)c1ccc(Cl)c(C#N)c1.CC(C)c1ccc(F)c(C(F)(F)F)c1.COc1cc(C(C)C)ccc1Cl.COc1cccc(C(C)(C)C)c1.Cc1cc(C(C)C)ccc1Cl.Cc1ccc(C(C)(C)C)cc1.Cc1ccc(C(C)(C)C)cc1C(F)(F)F.Cc1cccc(C(C)(C)C)c1. The summed E-state index contributed by atoms with van der Waals surface area (Å²) in [5.41, 5.74) is 14.0. The Morgan fingerprint density at radius 2 is 0.659 bits per heavy atom. The van der Waals surface area contributed by atoms with E-state index in [0.717, 1.165) is 68.1 Å². The van der Waals surface area contributed by atoms with Crippen molar-refractivity contribution in [3.8, 4) is 17.6 Å². The Kier molecular flexibility index (Phi) is 51.6. The highest BCUT2D eigenvalue weighted by molar-refractivity contribution is 9.10. The van der Waals surface area contributed by atoms with Crippen molar-refractivity contribution in [1.29, 1.82) is 5.26 Å². The molecule has 0 spiro atoms. The average molecular weight is 2090 g/mol. The van der Waals surface area contributed by atoms with E-state index in [1.54, 1.807) is 52.3 Å². The van der Waals surface area contributed by atoms with Crippen molar-refractivity contribution in [3.05, 3.63) is 371 Å². The van der Waals surface area contributed by atoms with E-state index in [2.05, 4.69) is 233 Å². The molecule has 0 saturated heterocycles. The van der Waals surface area contributed by atoms with E-state index < -0.39 is 52.8 Å². The number of nitriles is 1. The topological polar surface area (TPSA) is 42.2 Å². The quantitative estimate of drug-likeness (QED) is 0.149. The second kappa shape index (κ2) is 55.8. The molecule has 3 nitrogen and oxygen atoms in total. The Balaban J connectivity index is 0.000000760. The summed E-state index contributed by atoms with van der Waals surface area (Å²) in [6.07, 6.45) is -17.4. The van der Waals surface area contributed by atoms with Gasteiger partial charge in [-0.3, -0.25) is 0 Å². The number of nitrogens with zero attached hydrogens (tertiary/aromatic N) is 1. The highest BCUT2D eigenvalue weighted by atomic mass is 79.9. The first-order valence-corrected chi connectivity index (χ1v) is 48.1. The zero-order valence-corrected chi connectivity index (χ0v) is 92.1. The molecule has 0 heterocycles. The Hall–Kier alpha value is -8.47. The Morgan fingerprint density at radius 1 is 0.290 bits per heavy atom. The van der Waals surface area contributed by atoms with Crippen LogP contribution in [0.15, 0.2) is 229 Å². The number of alkyl halides is 12. The molecule has 0 amide bonds. The normalized spacial score (nSPS) is 11.7. The number of ether oxygens (including phenoxy) is 2. The van der Waals surface area contributed by atoms with Gasteiger partial charge in [-0.2, -0.15) is 57.9 Å². The molecule has 0 aliphatic rings. The standard InChI is InChI=1S/C12H15F3.C11H13F3.C11H16O.2C11H16.C10H10BrF3.C10H12Cl2.C10H10ClN.C10H13ClO.C10H13Cl.C10H10F4/c1-8-5-6-9(11(2,3)4)7-10(8)12(13,14)15;1-10(2,3)8-4-6-9(7-5-8)11(12,13)14;1-11(2,3)9-6-5-7-10(8-9)12-4;1-9-5-7-10(8-6-9)11(2,3)4;1-9-6-5-7-10(8-9)11(2,3)4;1-6(2)7-3-4-9(11)8(5-7)10(12,13)14;1-10(2,3)8-5-4-7(11)6-9(8)12;1-7(2)8-3-4-10(11)9(5-8)6-12;1-7(2)8-4-5-9(11)10(6-8)12-3;1-7(2)9-4-5-10(11)8(3)6-9;1-6(2)7-3-4-9(11)8(5-7)10(12,13)14/h5-7H,1-4H3;4-7H,1-3H3;5-8H,1-4H3;2*5-8H,1-4H3;3-6H,1-2H3;4-6H,1-3H3;3-5,7H,1-2H3;4-7H,1-3H3;4-7H,1-3H3;3-6H,1-2H3. The minimum atomic E-state index is -4.62. The largest absolute Gasteiger partial charge is 0.497 e. The molecule has 758 valence electrons. The maximum absolute atomic E-state index is 12.8. The van der Waals surface area contributed by atoms with Gasteiger partial charge >= 0.3 is 24.7 Å². The van der Waals surface area contributed by atoms with Gasteiger partial charge in [0.2, 0.25) is 0 Å². The van der Waals surface area contributed by atoms with Crippen LogP contribution in [-0.4, -0.2) is 14.2 Å². The number of aryl methyl sites for hydroxylation is 4. The number of hydrogen-bond donors (Lipinski definition) is 0. The van der Waals surface area contributed by atoms with E-state index in [1.165, 1.54) is 88.3 Å². The first-order valence-electron chi connectivity index (χ1n) is 45.5. The molecule has 0 N–H and O–H groups in total. The molecule has 0 aromatic heterocycles. The third kappa shape index (κ3) is 47.0. The molecule has 11 aromatic carbocycles. The van der Waals surface area contributed by atoms with Crippen molar-refractivity contribution < 1.29 is 66.5 Å². The first kappa shape index (κ1) is 128. The summed E-state index contributed by atoms with van der Waals surface area (Å²) in [6.45, 7) is 65.8. The highest BCUT2D eigenvalue weighted by Gasteiger charge is 2.37. The molecule has 0 unspecified atom stereocenters. The zero-order chi connectivity index (χ0) is 107. The van der Waals surface area contributed by atoms with Gasteiger partial charge in [0.25, 0.3) is 0 Å². The molecule has 138 heavy (non-hydrogen) atoms. The predicted molar refractivity (Wildman–Crippen MR) is 563 cm³/mol. The van der Waals surface area contributed by atoms with E-state index in [-0.39, 0.29) is 54.4 Å². The lowest BCUT2D eigenvalue weighted by atomic mass is 9.85. The van der Waals surface area contributed by atoms with E-state index >= 15 is 0 Å². The van der Waals surface area contributed by atoms with Crippen LogP contribution in [0.25, 0.3) is 0 Å². The summed E-state index contributed by atoms with van der Waals surface area (Å²) in [5, 5.41) is 12.2. The fourth-order valence-electron chi connectivity index (χ4n) is 12.2. The Bertz CT molecular complexity index is 5470. The van der Waals surface area contributed by atoms with Gasteiger partial charge in [-0.05, 0) is 259 Å². The number of hydrogen-bond acceptors (Lipinski definition) is 3. The lowest BCUT2D eigenvalue weighted by molar-refractivity contribution is -0.140. The molecule has 22 heteroatoms. The minimum absolute atomic E-state index is 0.0447. The zero-order valence-electron chi connectivity index (χ0n) is 86.7. The number of halogens is 19. The molecule has 0 aliphatic carbocycles. The molecule has 0 atom stereocenters. The summed E-state index contributed by atoms with van der Waals surface area (Å²) in [6, 6.07) is 68.2. The van der Waals surface area contributed by atoms with Crippen LogP contribution in [0.2, 0.25) is 25.1 Å². The van der Waals surface area contributed by atoms with Gasteiger partial charge in [0.1, 0.15) is 23.4 Å². The van der Waals surface area contributed by atoms with Crippen molar-refractivity contribution >= 4 is 73.9 Å². The van der Waals surface area contributed by atoms with Crippen molar-refractivity contribution in [2.75, 3.05) is 14.2 Å². The molecule has 0 aliphatic heterocycles. The minimum Gasteiger partial charge on any atom is -0.497 e. The van der Waals surface area contributed by atoms with Crippen LogP contribution < -0.4 is 9.47 Å². The summed E-state index contributed by atoms with van der Waals surface area (Å²) < 4.78 is 172. The smallest absolute Gasteiger partial charge is 0.419 e. The highest BCUT2D eigenvalue weighted by Crippen LogP contribution is 2.41. The van der Waals surface area contributed by atoms with Gasteiger partial charge < -0.3 is 9.47 Å². The third-order valence-electron chi connectivity index (χ3n) is 21.4. The summed E-state index contributed by atoms with van der Waals surface area (Å²) in [4.78, 5) is 0. The lowest BCUT2D eigenvalue weighted by Crippen LogP contribution is -2.14. The molecule has 11 rings (SSSR count). The van der Waals surface area contributed by atoms with Crippen LogP contribution in [0.1, 0.15) is 335 Å². The van der Waals surface area contributed by atoms with Gasteiger partial charge in [-0.25, -0.2) is 4.39 Å². The van der Waals surface area contributed by atoms with Crippen LogP contribution in [0.5, 0.6) is 11.5 Å². The van der Waals surface area contributed by atoms with Gasteiger partial charge in [0.05, 0.1) is 52.1 Å². The number of methoxy groups -OCH3 is 2. The summed E-state index contributed by atoms with van der Waals surface area (Å²) in [7, 11) is 3.33. The molecule has 11 aromatic rings. The van der Waals surface area contributed by atoms with E-state index in [9.17, 15) is 57.1 Å². The Morgan fingerprint density at radius 3 is 1.04 bits per heavy atom. The van der Waals surface area contributed by atoms with Crippen LogP contribution >= 0.6 is 73.9 Å². The molecule has 0 saturated carbocycles. The van der Waals surface area contributed by atoms with E-state index in [4.69, 9.17) is 72.7 Å². The van der Waals surface area contributed by atoms with Crippen molar-refractivity contribution in [2.45, 2.75) is 308 Å². The average Bonchev–Trinajstić information content (AvgIpc) is 0.812. The second-order valence-electron chi connectivity index (χ2n) is 41.2.